The lowest BCUT2D eigenvalue weighted by atomic mass is 9.88. The van der Waals surface area contributed by atoms with Crippen LogP contribution in [0.2, 0.25) is 0 Å². The number of benzene rings is 2. The van der Waals surface area contributed by atoms with Gasteiger partial charge in [0.05, 0.1) is 0 Å². The molecule has 0 spiro atoms. The fraction of sp³-hybridized carbons (Fsp3) is 0.286. The molecule has 1 aliphatic carbocycles. The van der Waals surface area contributed by atoms with E-state index < -0.39 is 5.97 Å². The first kappa shape index (κ1) is 23.7. The van der Waals surface area contributed by atoms with Crippen LogP contribution in [-0.2, 0) is 16.1 Å². The number of fused-ring (bicyclic) bond motifs is 1. The van der Waals surface area contributed by atoms with Crippen molar-refractivity contribution in [3.63, 3.8) is 0 Å². The summed E-state index contributed by atoms with van der Waals surface area (Å²) >= 11 is 0. The van der Waals surface area contributed by atoms with Gasteiger partial charge in [-0.15, -0.1) is 0 Å². The molecular weight excluding hydrogens is 428 g/mol. The van der Waals surface area contributed by atoms with Crippen LogP contribution in [0.3, 0.4) is 0 Å². The average molecular weight is 459 g/mol. The highest BCUT2D eigenvalue weighted by molar-refractivity contribution is 5.69. The monoisotopic (exact) mass is 458 g/mol. The summed E-state index contributed by atoms with van der Waals surface area (Å²) in [4.78, 5) is 21.3. The number of carboxylic acids is 1. The van der Waals surface area contributed by atoms with Crippen molar-refractivity contribution in [2.24, 2.45) is 0 Å². The van der Waals surface area contributed by atoms with Gasteiger partial charge in [-0.2, -0.15) is 5.48 Å². The Morgan fingerprint density at radius 2 is 1.79 bits per heavy atom. The van der Waals surface area contributed by atoms with Crippen molar-refractivity contribution in [2.45, 2.75) is 44.8 Å². The second kappa shape index (κ2) is 11.6. The standard InChI is InChI=1S/C28H30N2O4/c1-2-24(30-34-28(21-7-4-3-5-8-21)22-13-15-29-16-14-22)18-20-11-12-25-23(17-20)9-6-10-26(25)33-19-27(31)32/h3-10,13-17,24,28,30H,2,11-12,18-19H2,1H3,(H,31,32). The molecule has 2 unspecified atom stereocenters. The first-order valence-electron chi connectivity index (χ1n) is 11.7. The van der Waals surface area contributed by atoms with E-state index in [0.29, 0.717) is 5.75 Å². The number of hydrogen-bond donors (Lipinski definition) is 2. The third kappa shape index (κ3) is 6.10. The lowest BCUT2D eigenvalue weighted by Crippen LogP contribution is -2.31. The number of aliphatic carboxylic acids is 1. The molecule has 34 heavy (non-hydrogen) atoms. The Balaban J connectivity index is 1.44. The van der Waals surface area contributed by atoms with Gasteiger partial charge in [0.15, 0.2) is 6.61 Å². The van der Waals surface area contributed by atoms with Crippen LogP contribution in [0, 0.1) is 0 Å². The van der Waals surface area contributed by atoms with Crippen molar-refractivity contribution in [1.82, 2.24) is 10.5 Å². The van der Waals surface area contributed by atoms with Gasteiger partial charge in [0.25, 0.3) is 0 Å². The third-order valence-corrected chi connectivity index (χ3v) is 6.04. The molecule has 1 aliphatic rings. The van der Waals surface area contributed by atoms with Gasteiger partial charge in [-0.1, -0.05) is 61.0 Å². The van der Waals surface area contributed by atoms with Crippen LogP contribution in [-0.4, -0.2) is 28.7 Å². The topological polar surface area (TPSA) is 80.7 Å². The van der Waals surface area contributed by atoms with E-state index in [2.05, 4.69) is 41.7 Å². The van der Waals surface area contributed by atoms with Crippen LogP contribution in [0.15, 0.2) is 78.6 Å². The van der Waals surface area contributed by atoms with E-state index in [0.717, 1.165) is 47.9 Å². The summed E-state index contributed by atoms with van der Waals surface area (Å²) in [7, 11) is 0. The molecule has 2 aromatic carbocycles. The van der Waals surface area contributed by atoms with Crippen LogP contribution in [0.1, 0.15) is 54.5 Å². The Morgan fingerprint density at radius 3 is 2.53 bits per heavy atom. The number of hydrogen-bond acceptors (Lipinski definition) is 5. The summed E-state index contributed by atoms with van der Waals surface area (Å²) in [6.45, 7) is 1.83. The number of ether oxygens (including phenoxy) is 1. The molecule has 6 heteroatoms. The molecule has 4 rings (SSSR count). The van der Waals surface area contributed by atoms with Gasteiger partial charge >= 0.3 is 5.97 Å². The number of carbonyl (C=O) groups is 1. The fourth-order valence-corrected chi connectivity index (χ4v) is 4.24. The molecule has 0 amide bonds. The second-order valence-corrected chi connectivity index (χ2v) is 8.43. The molecule has 0 bridgehead atoms. The van der Waals surface area contributed by atoms with E-state index in [4.69, 9.17) is 14.7 Å². The van der Waals surface area contributed by atoms with Gasteiger partial charge in [0.2, 0.25) is 0 Å². The molecule has 0 aliphatic heterocycles. The molecule has 0 saturated carbocycles. The maximum absolute atomic E-state index is 10.9. The molecule has 1 heterocycles. The van der Waals surface area contributed by atoms with Crippen molar-refractivity contribution in [3.8, 4) is 5.75 Å². The quantitative estimate of drug-likeness (QED) is 0.377. The highest BCUT2D eigenvalue weighted by Gasteiger charge is 2.20. The maximum atomic E-state index is 10.9. The number of rotatable bonds is 11. The Bertz CT molecular complexity index is 1080. The van der Waals surface area contributed by atoms with Crippen molar-refractivity contribution in [1.29, 1.82) is 0 Å². The van der Waals surface area contributed by atoms with Crippen molar-refractivity contribution < 1.29 is 19.5 Å². The van der Waals surface area contributed by atoms with E-state index in [1.165, 1.54) is 5.57 Å². The molecule has 0 saturated heterocycles. The van der Waals surface area contributed by atoms with Gasteiger partial charge in [-0.25, -0.2) is 4.79 Å². The van der Waals surface area contributed by atoms with E-state index in [1.807, 2.05) is 42.5 Å². The largest absolute Gasteiger partial charge is 0.482 e. The summed E-state index contributed by atoms with van der Waals surface area (Å²) in [5.41, 5.74) is 8.97. The first-order chi connectivity index (χ1) is 16.6. The van der Waals surface area contributed by atoms with E-state index in [9.17, 15) is 4.79 Å². The fourth-order valence-electron chi connectivity index (χ4n) is 4.24. The number of nitrogens with zero attached hydrogens (tertiary/aromatic N) is 1. The van der Waals surface area contributed by atoms with Crippen LogP contribution < -0.4 is 10.2 Å². The van der Waals surface area contributed by atoms with Gasteiger partial charge in [-0.3, -0.25) is 9.82 Å². The predicted octanol–water partition coefficient (Wildman–Crippen LogP) is 5.35. The minimum absolute atomic E-state index is 0.160. The number of nitrogens with one attached hydrogen (secondary N) is 1. The van der Waals surface area contributed by atoms with Crippen molar-refractivity contribution >= 4 is 12.0 Å². The minimum atomic E-state index is -0.970. The number of hydroxylamine groups is 1. The summed E-state index contributed by atoms with van der Waals surface area (Å²) in [5, 5.41) is 8.92. The Morgan fingerprint density at radius 1 is 1.03 bits per heavy atom. The molecule has 0 radical (unpaired) electrons. The normalized spacial score (nSPS) is 14.6. The highest BCUT2D eigenvalue weighted by Crippen LogP contribution is 2.33. The molecule has 2 atom stereocenters. The smallest absolute Gasteiger partial charge is 0.341 e. The zero-order valence-electron chi connectivity index (χ0n) is 19.3. The zero-order chi connectivity index (χ0) is 23.8. The molecule has 2 N–H and O–H groups in total. The Labute approximate surface area is 200 Å². The van der Waals surface area contributed by atoms with Gasteiger partial charge in [-0.05, 0) is 60.6 Å². The first-order valence-corrected chi connectivity index (χ1v) is 11.7. The summed E-state index contributed by atoms with van der Waals surface area (Å²) in [5.74, 6) is -0.311. The number of aromatic nitrogens is 1. The van der Waals surface area contributed by atoms with Crippen LogP contribution in [0.5, 0.6) is 5.75 Å². The summed E-state index contributed by atoms with van der Waals surface area (Å²) in [6, 6.07) is 20.1. The van der Waals surface area contributed by atoms with Crippen molar-refractivity contribution in [3.05, 3.63) is 101 Å². The lowest BCUT2D eigenvalue weighted by Gasteiger charge is -2.25. The molecule has 0 fully saturated rings. The van der Waals surface area contributed by atoms with Gasteiger partial charge in [0.1, 0.15) is 11.9 Å². The third-order valence-electron chi connectivity index (χ3n) is 6.04. The lowest BCUT2D eigenvalue weighted by molar-refractivity contribution is -0.139. The highest BCUT2D eigenvalue weighted by atomic mass is 16.7. The summed E-state index contributed by atoms with van der Waals surface area (Å²) in [6.07, 6.45) is 9.07. The number of pyridine rings is 1. The SMILES string of the molecule is CCC(CC1=Cc2cccc(OCC(=O)O)c2CC1)NOC(c1ccccc1)c1ccncc1. The van der Waals surface area contributed by atoms with Gasteiger partial charge < -0.3 is 9.84 Å². The molecular formula is C28H30N2O4. The molecule has 6 nitrogen and oxygen atoms in total. The predicted molar refractivity (Wildman–Crippen MR) is 131 cm³/mol. The zero-order valence-corrected chi connectivity index (χ0v) is 19.3. The van der Waals surface area contributed by atoms with Crippen LogP contribution in [0.4, 0.5) is 0 Å². The molecule has 1 aromatic heterocycles. The van der Waals surface area contributed by atoms with E-state index in [1.54, 1.807) is 12.4 Å². The van der Waals surface area contributed by atoms with Crippen LogP contribution >= 0.6 is 0 Å². The van der Waals surface area contributed by atoms with Crippen molar-refractivity contribution in [2.75, 3.05) is 6.61 Å². The number of carboxylic acid groups (broad SMARTS) is 1. The Kier molecular flexibility index (Phi) is 8.07. The Hall–Kier alpha value is -3.48. The summed E-state index contributed by atoms with van der Waals surface area (Å²) < 4.78 is 5.49. The molecule has 3 aromatic rings. The minimum Gasteiger partial charge on any atom is -0.482 e. The maximum Gasteiger partial charge on any atom is 0.341 e. The second-order valence-electron chi connectivity index (χ2n) is 8.43. The molecule has 176 valence electrons. The van der Waals surface area contributed by atoms with E-state index in [-0.39, 0.29) is 18.8 Å². The van der Waals surface area contributed by atoms with Gasteiger partial charge in [0, 0.05) is 24.0 Å². The van der Waals surface area contributed by atoms with Crippen LogP contribution in [0.25, 0.3) is 6.08 Å². The van der Waals surface area contributed by atoms with E-state index >= 15 is 0 Å². The average Bonchev–Trinajstić information content (AvgIpc) is 2.88.